The van der Waals surface area contributed by atoms with E-state index in [0.717, 1.165) is 53.7 Å². The normalized spacial score (nSPS) is 17.5. The first kappa shape index (κ1) is 18.2. The monoisotopic (exact) mass is 429 g/mol. The highest BCUT2D eigenvalue weighted by Crippen LogP contribution is 2.23. The van der Waals surface area contributed by atoms with Crippen molar-refractivity contribution in [3.63, 3.8) is 0 Å². The summed E-state index contributed by atoms with van der Waals surface area (Å²) in [6.45, 7) is 7.06. The Morgan fingerprint density at radius 3 is 2.37 bits per heavy atom. The highest BCUT2D eigenvalue weighted by atomic mass is 79.9. The molecule has 0 saturated carbocycles. The fraction of sp³-hybridized carbons (Fsp3) is 0.450. The van der Waals surface area contributed by atoms with Crippen molar-refractivity contribution in [1.29, 1.82) is 0 Å². The number of amides is 1. The fourth-order valence-electron chi connectivity index (χ4n) is 3.70. The number of aromatic nitrogens is 2. The molecular weight excluding hydrogens is 406 g/mol. The van der Waals surface area contributed by atoms with E-state index in [-0.39, 0.29) is 5.91 Å². The van der Waals surface area contributed by atoms with Crippen molar-refractivity contribution < 1.29 is 4.79 Å². The Morgan fingerprint density at radius 2 is 1.67 bits per heavy atom. The van der Waals surface area contributed by atoms with Gasteiger partial charge in [0, 0.05) is 55.5 Å². The minimum Gasteiger partial charge on any atom is -0.353 e. The lowest BCUT2D eigenvalue weighted by Gasteiger charge is -2.36. The summed E-state index contributed by atoms with van der Waals surface area (Å²) in [5.74, 6) is 1.89. The van der Waals surface area contributed by atoms with Gasteiger partial charge >= 0.3 is 0 Å². The fourth-order valence-corrected chi connectivity index (χ4v) is 4.16. The van der Waals surface area contributed by atoms with Crippen LogP contribution in [0.5, 0.6) is 0 Å². The van der Waals surface area contributed by atoms with Crippen LogP contribution >= 0.6 is 15.9 Å². The summed E-state index contributed by atoms with van der Waals surface area (Å²) < 4.78 is 0.846. The van der Waals surface area contributed by atoms with Gasteiger partial charge in [-0.05, 0) is 47.8 Å². The molecule has 142 valence electrons. The third-order valence-electron chi connectivity index (χ3n) is 5.21. The first-order valence-corrected chi connectivity index (χ1v) is 10.3. The number of rotatable bonds is 3. The predicted octanol–water partition coefficient (Wildman–Crippen LogP) is 3.11. The van der Waals surface area contributed by atoms with Gasteiger partial charge in [0.05, 0.1) is 5.56 Å². The number of benzene rings is 1. The van der Waals surface area contributed by atoms with E-state index in [0.29, 0.717) is 13.1 Å². The Kier molecular flexibility index (Phi) is 5.29. The van der Waals surface area contributed by atoms with E-state index in [1.165, 1.54) is 12.8 Å². The second-order valence-corrected chi connectivity index (χ2v) is 7.98. The number of hydrogen-bond donors (Lipinski definition) is 0. The molecular formula is C20H24BrN5O. The molecule has 2 saturated heterocycles. The van der Waals surface area contributed by atoms with Crippen LogP contribution in [0.25, 0.3) is 0 Å². The van der Waals surface area contributed by atoms with Gasteiger partial charge < -0.3 is 14.7 Å². The van der Waals surface area contributed by atoms with E-state index in [4.69, 9.17) is 4.98 Å². The smallest absolute Gasteiger partial charge is 0.255 e. The third kappa shape index (κ3) is 3.93. The second kappa shape index (κ2) is 7.84. The van der Waals surface area contributed by atoms with E-state index < -0.39 is 0 Å². The number of anilines is 2. The molecule has 2 aliphatic heterocycles. The molecule has 0 spiro atoms. The Labute approximate surface area is 168 Å². The van der Waals surface area contributed by atoms with Gasteiger partial charge in [0.25, 0.3) is 5.91 Å². The SMILES string of the molecule is Cc1cc(N2CCN(C(=O)c3ccccc3Br)CC2)nc(N2CCCC2)n1. The van der Waals surface area contributed by atoms with Crippen LogP contribution in [0.4, 0.5) is 11.8 Å². The van der Waals surface area contributed by atoms with Gasteiger partial charge in [-0.1, -0.05) is 12.1 Å². The quantitative estimate of drug-likeness (QED) is 0.749. The van der Waals surface area contributed by atoms with Crippen LogP contribution in [0, 0.1) is 6.92 Å². The van der Waals surface area contributed by atoms with Gasteiger partial charge in [0.15, 0.2) is 0 Å². The number of aryl methyl sites for hydroxylation is 1. The van der Waals surface area contributed by atoms with E-state index in [9.17, 15) is 4.79 Å². The Morgan fingerprint density at radius 1 is 0.963 bits per heavy atom. The number of hydrogen-bond acceptors (Lipinski definition) is 5. The molecule has 2 aliphatic rings. The zero-order valence-corrected chi connectivity index (χ0v) is 17.2. The minimum atomic E-state index is 0.0822. The van der Waals surface area contributed by atoms with Gasteiger partial charge in [-0.2, -0.15) is 4.98 Å². The van der Waals surface area contributed by atoms with Crippen LogP contribution in [0.2, 0.25) is 0 Å². The summed E-state index contributed by atoms with van der Waals surface area (Å²) in [5.41, 5.74) is 1.72. The molecule has 6 nitrogen and oxygen atoms in total. The molecule has 3 heterocycles. The lowest BCUT2D eigenvalue weighted by Crippen LogP contribution is -2.49. The second-order valence-electron chi connectivity index (χ2n) is 7.12. The van der Waals surface area contributed by atoms with Crippen molar-refractivity contribution >= 4 is 33.6 Å². The molecule has 0 bridgehead atoms. The molecule has 4 rings (SSSR count). The number of nitrogens with zero attached hydrogens (tertiary/aromatic N) is 5. The Hall–Kier alpha value is -2.15. The number of carbonyl (C=O) groups excluding carboxylic acids is 1. The first-order valence-electron chi connectivity index (χ1n) is 9.51. The third-order valence-corrected chi connectivity index (χ3v) is 5.90. The van der Waals surface area contributed by atoms with Crippen molar-refractivity contribution in [2.24, 2.45) is 0 Å². The lowest BCUT2D eigenvalue weighted by atomic mass is 10.2. The van der Waals surface area contributed by atoms with Gasteiger partial charge in [-0.25, -0.2) is 4.98 Å². The summed E-state index contributed by atoms with van der Waals surface area (Å²) in [6.07, 6.45) is 2.42. The van der Waals surface area contributed by atoms with Crippen molar-refractivity contribution in [3.8, 4) is 0 Å². The summed E-state index contributed by atoms with van der Waals surface area (Å²) in [4.78, 5) is 28.7. The number of carbonyl (C=O) groups is 1. The van der Waals surface area contributed by atoms with Gasteiger partial charge in [-0.3, -0.25) is 4.79 Å². The van der Waals surface area contributed by atoms with Crippen molar-refractivity contribution in [2.75, 3.05) is 49.1 Å². The molecule has 0 radical (unpaired) electrons. The van der Waals surface area contributed by atoms with Crippen LogP contribution in [0.3, 0.4) is 0 Å². The molecule has 27 heavy (non-hydrogen) atoms. The topological polar surface area (TPSA) is 52.6 Å². The molecule has 7 heteroatoms. The average molecular weight is 430 g/mol. The molecule has 2 fully saturated rings. The average Bonchev–Trinajstić information content (AvgIpc) is 3.22. The van der Waals surface area contributed by atoms with Crippen LogP contribution in [0.1, 0.15) is 28.9 Å². The van der Waals surface area contributed by atoms with Crippen LogP contribution in [-0.2, 0) is 0 Å². The number of piperazine rings is 1. The molecule has 0 atom stereocenters. The van der Waals surface area contributed by atoms with E-state index in [1.807, 2.05) is 42.2 Å². The summed E-state index contributed by atoms with van der Waals surface area (Å²) in [6, 6.07) is 9.65. The first-order chi connectivity index (χ1) is 13.1. The van der Waals surface area contributed by atoms with Gasteiger partial charge in [0.2, 0.25) is 5.95 Å². The minimum absolute atomic E-state index is 0.0822. The highest BCUT2D eigenvalue weighted by molar-refractivity contribution is 9.10. The molecule has 1 amide bonds. The van der Waals surface area contributed by atoms with Gasteiger partial charge in [-0.15, -0.1) is 0 Å². The molecule has 1 aromatic heterocycles. The maximum absolute atomic E-state index is 12.8. The van der Waals surface area contributed by atoms with Crippen LogP contribution in [0.15, 0.2) is 34.8 Å². The zero-order valence-electron chi connectivity index (χ0n) is 15.6. The Bertz CT molecular complexity index is 829. The summed E-state index contributed by atoms with van der Waals surface area (Å²) >= 11 is 3.48. The van der Waals surface area contributed by atoms with Gasteiger partial charge in [0.1, 0.15) is 5.82 Å². The molecule has 2 aromatic rings. The summed E-state index contributed by atoms with van der Waals surface area (Å²) in [7, 11) is 0. The van der Waals surface area contributed by atoms with Crippen molar-refractivity contribution in [1.82, 2.24) is 14.9 Å². The lowest BCUT2D eigenvalue weighted by molar-refractivity contribution is 0.0745. The van der Waals surface area contributed by atoms with E-state index >= 15 is 0 Å². The maximum atomic E-state index is 12.8. The van der Waals surface area contributed by atoms with Crippen molar-refractivity contribution in [3.05, 3.63) is 46.1 Å². The van der Waals surface area contributed by atoms with Crippen LogP contribution < -0.4 is 9.80 Å². The zero-order chi connectivity index (χ0) is 18.8. The predicted molar refractivity (Wildman–Crippen MR) is 110 cm³/mol. The van der Waals surface area contributed by atoms with E-state index in [2.05, 4.69) is 30.7 Å². The maximum Gasteiger partial charge on any atom is 0.255 e. The van der Waals surface area contributed by atoms with Crippen LogP contribution in [-0.4, -0.2) is 60.0 Å². The molecule has 0 unspecified atom stereocenters. The number of halogens is 1. The largest absolute Gasteiger partial charge is 0.353 e. The van der Waals surface area contributed by atoms with Crippen molar-refractivity contribution in [2.45, 2.75) is 19.8 Å². The molecule has 0 N–H and O–H groups in total. The highest BCUT2D eigenvalue weighted by Gasteiger charge is 2.25. The standard InChI is InChI=1S/C20H24BrN5O/c1-15-14-18(23-20(22-15)26-8-4-5-9-26)24-10-12-25(13-11-24)19(27)16-6-2-3-7-17(16)21/h2-3,6-7,14H,4-5,8-13H2,1H3. The Balaban J connectivity index is 1.45. The molecule has 0 aliphatic carbocycles. The van der Waals surface area contributed by atoms with E-state index in [1.54, 1.807) is 0 Å². The summed E-state index contributed by atoms with van der Waals surface area (Å²) in [5, 5.41) is 0. The molecule has 1 aromatic carbocycles.